The molecule has 2 saturated heterocycles. The maximum Gasteiger partial charge on any atom is 0.410 e. The van der Waals surface area contributed by atoms with Gasteiger partial charge in [-0.1, -0.05) is 0 Å². The molecule has 0 aromatic rings. The number of piperazine rings is 1. The summed E-state index contributed by atoms with van der Waals surface area (Å²) in [7, 11) is 2.16. The first kappa shape index (κ1) is 16.5. The van der Waals surface area contributed by atoms with E-state index in [9.17, 15) is 4.79 Å². The third-order valence-corrected chi connectivity index (χ3v) is 4.02. The second-order valence-corrected chi connectivity index (χ2v) is 7.16. The highest BCUT2D eigenvalue weighted by molar-refractivity contribution is 5.68. The smallest absolute Gasteiger partial charge is 0.410 e. The van der Waals surface area contributed by atoms with E-state index in [4.69, 9.17) is 4.74 Å². The zero-order valence-corrected chi connectivity index (χ0v) is 13.9. The minimum Gasteiger partial charge on any atom is -0.444 e. The summed E-state index contributed by atoms with van der Waals surface area (Å²) in [6, 6.07) is 0.479. The maximum absolute atomic E-state index is 12.0. The second-order valence-electron chi connectivity index (χ2n) is 7.16. The van der Waals surface area contributed by atoms with Crippen LogP contribution in [0.2, 0.25) is 0 Å². The third kappa shape index (κ3) is 5.45. The molecule has 2 rings (SSSR count). The van der Waals surface area contributed by atoms with Crippen LogP contribution in [-0.4, -0.2) is 78.9 Å². The predicted molar refractivity (Wildman–Crippen MR) is 83.0 cm³/mol. The van der Waals surface area contributed by atoms with Gasteiger partial charge < -0.3 is 14.5 Å². The molecule has 2 fully saturated rings. The summed E-state index contributed by atoms with van der Waals surface area (Å²) >= 11 is 0. The summed E-state index contributed by atoms with van der Waals surface area (Å²) in [6.45, 7) is 11.7. The van der Waals surface area contributed by atoms with E-state index < -0.39 is 5.60 Å². The molecule has 0 saturated carbocycles. The van der Waals surface area contributed by atoms with Crippen LogP contribution in [0.1, 0.15) is 33.6 Å². The van der Waals surface area contributed by atoms with Gasteiger partial charge in [0.1, 0.15) is 5.60 Å². The Labute approximate surface area is 128 Å². The summed E-state index contributed by atoms with van der Waals surface area (Å²) in [5.74, 6) is 0. The lowest BCUT2D eigenvalue weighted by atomic mass is 10.1. The fourth-order valence-corrected chi connectivity index (χ4v) is 2.71. The van der Waals surface area contributed by atoms with Crippen LogP contribution in [-0.2, 0) is 4.74 Å². The number of carbonyl (C=O) groups excluding carboxylic acids is 1. The first-order chi connectivity index (χ1) is 9.83. The van der Waals surface area contributed by atoms with Gasteiger partial charge in [-0.05, 0) is 40.7 Å². The van der Waals surface area contributed by atoms with E-state index in [1.54, 1.807) is 0 Å². The second kappa shape index (κ2) is 6.94. The zero-order chi connectivity index (χ0) is 15.5. The van der Waals surface area contributed by atoms with E-state index in [-0.39, 0.29) is 6.09 Å². The van der Waals surface area contributed by atoms with Gasteiger partial charge in [0.2, 0.25) is 0 Å². The van der Waals surface area contributed by atoms with Gasteiger partial charge >= 0.3 is 6.09 Å². The Kier molecular flexibility index (Phi) is 5.46. The van der Waals surface area contributed by atoms with Crippen molar-refractivity contribution in [1.29, 1.82) is 0 Å². The predicted octanol–water partition coefficient (Wildman–Crippen LogP) is 1.14. The lowest BCUT2D eigenvalue weighted by Gasteiger charge is -2.38. The molecule has 2 heterocycles. The SMILES string of the molecule is CN1CCN(NC2CCN(C(=O)OC(C)(C)C)CC2)CC1. The molecule has 0 atom stereocenters. The van der Waals surface area contributed by atoms with Crippen molar-refractivity contribution in [2.24, 2.45) is 0 Å². The van der Waals surface area contributed by atoms with E-state index in [0.29, 0.717) is 6.04 Å². The Hall–Kier alpha value is -0.850. The topological polar surface area (TPSA) is 48.0 Å². The number of nitrogens with one attached hydrogen (secondary N) is 1. The number of piperidine rings is 1. The molecule has 0 unspecified atom stereocenters. The van der Waals surface area contributed by atoms with Gasteiger partial charge in [0.15, 0.2) is 0 Å². The quantitative estimate of drug-likeness (QED) is 0.828. The van der Waals surface area contributed by atoms with Crippen LogP contribution in [0.15, 0.2) is 0 Å². The van der Waals surface area contributed by atoms with Crippen LogP contribution >= 0.6 is 0 Å². The van der Waals surface area contributed by atoms with Crippen molar-refractivity contribution < 1.29 is 9.53 Å². The van der Waals surface area contributed by atoms with Gasteiger partial charge in [-0.2, -0.15) is 0 Å². The molecule has 0 bridgehead atoms. The van der Waals surface area contributed by atoms with Crippen molar-refractivity contribution >= 4 is 6.09 Å². The Morgan fingerprint density at radius 1 is 1.05 bits per heavy atom. The molecule has 6 nitrogen and oxygen atoms in total. The van der Waals surface area contributed by atoms with Gasteiger partial charge in [-0.3, -0.25) is 5.43 Å². The van der Waals surface area contributed by atoms with Crippen molar-refractivity contribution in [2.45, 2.75) is 45.3 Å². The molecule has 2 aliphatic rings. The van der Waals surface area contributed by atoms with E-state index in [0.717, 1.165) is 52.1 Å². The van der Waals surface area contributed by atoms with Crippen molar-refractivity contribution in [1.82, 2.24) is 20.2 Å². The van der Waals surface area contributed by atoms with Gasteiger partial charge in [-0.25, -0.2) is 9.80 Å². The fraction of sp³-hybridized carbons (Fsp3) is 0.933. The number of carbonyl (C=O) groups is 1. The monoisotopic (exact) mass is 298 g/mol. The Morgan fingerprint density at radius 2 is 1.62 bits per heavy atom. The van der Waals surface area contributed by atoms with E-state index in [1.165, 1.54) is 0 Å². The summed E-state index contributed by atoms with van der Waals surface area (Å²) < 4.78 is 5.42. The molecule has 21 heavy (non-hydrogen) atoms. The van der Waals surface area contributed by atoms with Crippen LogP contribution in [0.4, 0.5) is 4.79 Å². The first-order valence-electron chi connectivity index (χ1n) is 8.01. The number of rotatable bonds is 2. The molecular formula is C15H30N4O2. The number of hydrogen-bond acceptors (Lipinski definition) is 5. The highest BCUT2D eigenvalue weighted by Gasteiger charge is 2.27. The first-order valence-corrected chi connectivity index (χ1v) is 8.01. The number of likely N-dealkylation sites (tertiary alicyclic amines) is 1. The molecule has 2 aliphatic heterocycles. The molecular weight excluding hydrogens is 268 g/mol. The van der Waals surface area contributed by atoms with Crippen molar-refractivity contribution in [3.63, 3.8) is 0 Å². The summed E-state index contributed by atoms with van der Waals surface area (Å²) in [5.41, 5.74) is 3.20. The van der Waals surface area contributed by atoms with Gasteiger partial charge in [-0.15, -0.1) is 0 Å². The Bertz CT molecular complexity index is 340. The number of ether oxygens (including phenoxy) is 1. The lowest BCUT2D eigenvalue weighted by Crippen LogP contribution is -2.56. The molecule has 1 N–H and O–H groups in total. The average Bonchev–Trinajstić information content (AvgIpc) is 2.40. The van der Waals surface area contributed by atoms with Crippen LogP contribution in [0, 0.1) is 0 Å². The number of hydrazine groups is 1. The summed E-state index contributed by atoms with van der Waals surface area (Å²) in [5, 5.41) is 2.33. The molecule has 1 amide bonds. The van der Waals surface area contributed by atoms with Crippen LogP contribution in [0.3, 0.4) is 0 Å². The van der Waals surface area contributed by atoms with Crippen molar-refractivity contribution in [3.05, 3.63) is 0 Å². The van der Waals surface area contributed by atoms with Gasteiger partial charge in [0.05, 0.1) is 0 Å². The lowest BCUT2D eigenvalue weighted by molar-refractivity contribution is 0.0146. The standard InChI is InChI=1S/C15H30N4O2/c1-15(2,3)21-14(20)18-7-5-13(6-8-18)16-19-11-9-17(4)10-12-19/h13,16H,5-12H2,1-4H3. The number of amides is 1. The van der Waals surface area contributed by atoms with Crippen molar-refractivity contribution in [2.75, 3.05) is 46.3 Å². The van der Waals surface area contributed by atoms with Crippen molar-refractivity contribution in [3.8, 4) is 0 Å². The van der Waals surface area contributed by atoms with E-state index >= 15 is 0 Å². The minimum atomic E-state index is -0.411. The van der Waals surface area contributed by atoms with E-state index in [1.807, 2.05) is 25.7 Å². The van der Waals surface area contributed by atoms with E-state index in [2.05, 4.69) is 22.4 Å². The minimum absolute atomic E-state index is 0.180. The molecule has 122 valence electrons. The highest BCUT2D eigenvalue weighted by atomic mass is 16.6. The average molecular weight is 298 g/mol. The number of nitrogens with zero attached hydrogens (tertiary/aromatic N) is 3. The van der Waals surface area contributed by atoms with Crippen LogP contribution in [0.25, 0.3) is 0 Å². The Balaban J connectivity index is 1.69. The zero-order valence-electron chi connectivity index (χ0n) is 13.9. The molecule has 0 radical (unpaired) electrons. The number of hydrogen-bond donors (Lipinski definition) is 1. The normalized spacial score (nSPS) is 23.3. The van der Waals surface area contributed by atoms with Gasteiger partial charge in [0, 0.05) is 45.3 Å². The number of likely N-dealkylation sites (N-methyl/N-ethyl adjacent to an activating group) is 1. The third-order valence-electron chi connectivity index (χ3n) is 4.02. The molecule has 6 heteroatoms. The summed E-state index contributed by atoms with van der Waals surface area (Å²) in [4.78, 5) is 16.2. The molecule has 0 aromatic heterocycles. The van der Waals surface area contributed by atoms with Crippen LogP contribution in [0.5, 0.6) is 0 Å². The van der Waals surface area contributed by atoms with Crippen LogP contribution < -0.4 is 5.43 Å². The van der Waals surface area contributed by atoms with Gasteiger partial charge in [0.25, 0.3) is 0 Å². The summed E-state index contributed by atoms with van der Waals surface area (Å²) in [6.07, 6.45) is 1.80. The molecule has 0 aromatic carbocycles. The fourth-order valence-electron chi connectivity index (χ4n) is 2.71. The maximum atomic E-state index is 12.0. The molecule has 0 spiro atoms. The largest absolute Gasteiger partial charge is 0.444 e. The molecule has 0 aliphatic carbocycles. The Morgan fingerprint density at radius 3 is 2.14 bits per heavy atom. The highest BCUT2D eigenvalue weighted by Crippen LogP contribution is 2.16.